The Morgan fingerprint density at radius 1 is 1.15 bits per heavy atom. The quantitative estimate of drug-likeness (QED) is 0.596. The molecule has 6 heteroatoms. The van der Waals surface area contributed by atoms with Gasteiger partial charge in [-0.05, 0) is 36.6 Å². The Morgan fingerprint density at radius 2 is 1.93 bits per heavy atom. The van der Waals surface area contributed by atoms with Gasteiger partial charge in [-0.3, -0.25) is 14.6 Å². The fraction of sp³-hybridized carbons (Fsp3) is 0.286. The minimum atomic E-state index is -0.628. The number of imide groups is 1. The zero-order valence-corrected chi connectivity index (χ0v) is 15.4. The summed E-state index contributed by atoms with van der Waals surface area (Å²) in [5.41, 5.74) is 1.55. The normalized spacial score (nSPS) is 22.5. The zero-order valence-electron chi connectivity index (χ0n) is 14.7. The number of anilines is 1. The second-order valence-corrected chi connectivity index (χ2v) is 7.05. The Bertz CT molecular complexity index is 906. The van der Waals surface area contributed by atoms with Gasteiger partial charge in [0.2, 0.25) is 5.91 Å². The maximum Gasteiger partial charge on any atom is 0.265 e. The highest BCUT2D eigenvalue weighted by molar-refractivity contribution is 6.37. The highest BCUT2D eigenvalue weighted by atomic mass is 35.5. The van der Waals surface area contributed by atoms with E-state index in [0.29, 0.717) is 28.4 Å². The van der Waals surface area contributed by atoms with Crippen molar-refractivity contribution in [3.63, 3.8) is 0 Å². The number of amides is 2. The molecular formula is C21H19ClN2O3. The summed E-state index contributed by atoms with van der Waals surface area (Å²) in [6.45, 7) is 1.28. The maximum absolute atomic E-state index is 13.2. The second-order valence-electron chi connectivity index (χ2n) is 6.64. The van der Waals surface area contributed by atoms with E-state index in [9.17, 15) is 9.59 Å². The Kier molecular flexibility index (Phi) is 5.05. The summed E-state index contributed by atoms with van der Waals surface area (Å²) in [6, 6.07) is 14.0. The number of benzene rings is 2. The molecule has 2 aromatic rings. The topological polar surface area (TPSA) is 59.0 Å². The van der Waals surface area contributed by atoms with Gasteiger partial charge in [-0.15, -0.1) is 0 Å². The molecule has 2 atom stereocenters. The van der Waals surface area contributed by atoms with Crippen LogP contribution in [-0.2, 0) is 9.53 Å². The fourth-order valence-corrected chi connectivity index (χ4v) is 3.75. The molecule has 27 heavy (non-hydrogen) atoms. The molecule has 2 aromatic carbocycles. The third-order valence-corrected chi connectivity index (χ3v) is 5.22. The molecule has 0 unspecified atom stereocenters. The van der Waals surface area contributed by atoms with E-state index in [1.165, 1.54) is 0 Å². The first-order valence-corrected chi connectivity index (χ1v) is 9.38. The number of carbonyl (C=O) groups is 2. The minimum Gasteiger partial charge on any atom is -0.376 e. The van der Waals surface area contributed by atoms with Gasteiger partial charge in [0.25, 0.3) is 5.91 Å². The molecule has 1 saturated heterocycles. The molecule has 2 aliphatic rings. The van der Waals surface area contributed by atoms with Crippen LogP contribution in [0.5, 0.6) is 0 Å². The third kappa shape index (κ3) is 3.40. The fourth-order valence-electron chi connectivity index (χ4n) is 3.53. The molecule has 138 valence electrons. The Labute approximate surface area is 162 Å². The van der Waals surface area contributed by atoms with Crippen LogP contribution in [0, 0.1) is 0 Å². The number of aliphatic imine (C=N–C) groups is 1. The molecule has 5 nitrogen and oxygen atoms in total. The van der Waals surface area contributed by atoms with Gasteiger partial charge in [0.15, 0.2) is 0 Å². The van der Waals surface area contributed by atoms with E-state index in [4.69, 9.17) is 16.3 Å². The van der Waals surface area contributed by atoms with Gasteiger partial charge in [-0.25, -0.2) is 4.90 Å². The van der Waals surface area contributed by atoms with Crippen LogP contribution in [0.2, 0.25) is 5.02 Å². The zero-order chi connectivity index (χ0) is 18.8. The number of rotatable bonds is 4. The van der Waals surface area contributed by atoms with Crippen LogP contribution in [0.15, 0.2) is 53.5 Å². The first-order valence-electron chi connectivity index (χ1n) is 9.00. The van der Waals surface area contributed by atoms with E-state index in [1.807, 2.05) is 6.07 Å². The first kappa shape index (κ1) is 17.9. The van der Waals surface area contributed by atoms with Crippen LogP contribution >= 0.6 is 11.6 Å². The number of para-hydroxylation sites is 1. The predicted molar refractivity (Wildman–Crippen MR) is 105 cm³/mol. The summed E-state index contributed by atoms with van der Waals surface area (Å²) in [5, 5.41) is 0.355. The number of fused-ring (bicyclic) bond motifs is 1. The number of carbonyl (C=O) groups excluding carboxylic acids is 2. The Hall–Kier alpha value is -2.50. The number of halogens is 1. The summed E-state index contributed by atoms with van der Waals surface area (Å²) in [7, 11) is 0. The van der Waals surface area contributed by atoms with Crippen molar-refractivity contribution in [1.82, 2.24) is 0 Å². The van der Waals surface area contributed by atoms with E-state index in [-0.39, 0.29) is 17.9 Å². The average Bonchev–Trinajstić information content (AvgIpc) is 3.19. The van der Waals surface area contributed by atoms with Crippen molar-refractivity contribution in [3.05, 3.63) is 64.7 Å². The van der Waals surface area contributed by atoms with Gasteiger partial charge in [-0.1, -0.05) is 41.9 Å². The number of hydrogen-bond donors (Lipinski definition) is 0. The summed E-state index contributed by atoms with van der Waals surface area (Å²) >= 11 is 6.26. The summed E-state index contributed by atoms with van der Waals surface area (Å²) in [4.78, 5) is 31.8. The highest BCUT2D eigenvalue weighted by Gasteiger charge is 2.39. The Balaban J connectivity index is 1.70. The molecule has 0 N–H and O–H groups in total. The van der Waals surface area contributed by atoms with Crippen LogP contribution in [0.4, 0.5) is 5.69 Å². The van der Waals surface area contributed by atoms with Crippen molar-refractivity contribution in [2.24, 2.45) is 4.99 Å². The molecule has 0 saturated carbocycles. The van der Waals surface area contributed by atoms with Gasteiger partial charge in [0.1, 0.15) is 0 Å². The van der Waals surface area contributed by atoms with Gasteiger partial charge < -0.3 is 4.74 Å². The lowest BCUT2D eigenvalue weighted by atomic mass is 9.89. The summed E-state index contributed by atoms with van der Waals surface area (Å²) in [5.74, 6) is -1.34. The lowest BCUT2D eigenvalue weighted by molar-refractivity contribution is -0.118. The van der Waals surface area contributed by atoms with Crippen molar-refractivity contribution in [2.45, 2.75) is 24.9 Å². The second kappa shape index (κ2) is 7.62. The van der Waals surface area contributed by atoms with Crippen LogP contribution in [0.25, 0.3) is 0 Å². The van der Waals surface area contributed by atoms with Crippen molar-refractivity contribution in [3.8, 4) is 0 Å². The molecule has 0 spiro atoms. The van der Waals surface area contributed by atoms with Crippen LogP contribution in [0.1, 0.15) is 34.7 Å². The Morgan fingerprint density at radius 3 is 2.70 bits per heavy atom. The lowest BCUT2D eigenvalue weighted by Crippen LogP contribution is -2.45. The van der Waals surface area contributed by atoms with Gasteiger partial charge in [0.05, 0.1) is 29.3 Å². The van der Waals surface area contributed by atoms with Crippen LogP contribution in [-0.4, -0.2) is 37.3 Å². The minimum absolute atomic E-state index is 0.108. The molecule has 0 aliphatic carbocycles. The van der Waals surface area contributed by atoms with Crippen molar-refractivity contribution in [1.29, 1.82) is 0 Å². The molecule has 0 bridgehead atoms. The van der Waals surface area contributed by atoms with Crippen molar-refractivity contribution < 1.29 is 14.3 Å². The van der Waals surface area contributed by atoms with E-state index >= 15 is 0 Å². The monoisotopic (exact) mass is 382 g/mol. The third-order valence-electron chi connectivity index (χ3n) is 4.90. The largest absolute Gasteiger partial charge is 0.376 e. The highest BCUT2D eigenvalue weighted by Crippen LogP contribution is 2.35. The SMILES string of the molecule is O=C1c2ccccc2[C@@H](C=NC[C@H]2CCCO2)C(=O)N1c1ccccc1Cl. The molecule has 0 radical (unpaired) electrons. The van der Waals surface area contributed by atoms with E-state index in [1.54, 1.807) is 48.7 Å². The standard InChI is InChI=1S/C21H19ClN2O3/c22-18-9-3-4-10-19(18)24-20(25)16-8-2-1-7-15(16)17(21(24)26)13-23-12-14-6-5-11-27-14/h1-4,7-10,13-14,17H,5-6,11-12H2/t14-,17-/m1/s1. The van der Waals surface area contributed by atoms with Gasteiger partial charge in [-0.2, -0.15) is 0 Å². The number of ether oxygens (including phenoxy) is 1. The predicted octanol–water partition coefficient (Wildman–Crippen LogP) is 3.86. The molecule has 4 rings (SSSR count). The van der Waals surface area contributed by atoms with Crippen molar-refractivity contribution in [2.75, 3.05) is 18.1 Å². The van der Waals surface area contributed by atoms with E-state index in [0.717, 1.165) is 24.3 Å². The molecular weight excluding hydrogens is 364 g/mol. The molecule has 1 fully saturated rings. The first-order chi connectivity index (χ1) is 13.2. The molecule has 2 amide bonds. The molecule has 2 aliphatic heterocycles. The van der Waals surface area contributed by atoms with Gasteiger partial charge in [0, 0.05) is 18.4 Å². The van der Waals surface area contributed by atoms with Crippen LogP contribution in [0.3, 0.4) is 0 Å². The van der Waals surface area contributed by atoms with E-state index in [2.05, 4.69) is 4.99 Å². The smallest absolute Gasteiger partial charge is 0.265 e. The average molecular weight is 383 g/mol. The summed E-state index contributed by atoms with van der Waals surface area (Å²) in [6.07, 6.45) is 3.77. The van der Waals surface area contributed by atoms with Crippen LogP contribution < -0.4 is 4.90 Å². The summed E-state index contributed by atoms with van der Waals surface area (Å²) < 4.78 is 5.58. The number of hydrogen-bond acceptors (Lipinski definition) is 4. The van der Waals surface area contributed by atoms with Gasteiger partial charge >= 0.3 is 0 Å². The number of nitrogens with zero attached hydrogens (tertiary/aromatic N) is 2. The maximum atomic E-state index is 13.2. The lowest BCUT2D eigenvalue weighted by Gasteiger charge is -2.31. The molecule has 2 heterocycles. The van der Waals surface area contributed by atoms with E-state index < -0.39 is 5.92 Å². The molecule has 0 aromatic heterocycles. The van der Waals surface area contributed by atoms with Crippen molar-refractivity contribution >= 4 is 35.3 Å².